The van der Waals surface area contributed by atoms with Gasteiger partial charge in [-0.15, -0.1) is 0 Å². The first-order valence-corrected chi connectivity index (χ1v) is 8.40. The summed E-state index contributed by atoms with van der Waals surface area (Å²) >= 11 is 3.64. The van der Waals surface area contributed by atoms with Gasteiger partial charge in [0, 0.05) is 37.3 Å². The first kappa shape index (κ1) is 15.7. The molecule has 3 rings (SSSR count). The van der Waals surface area contributed by atoms with Crippen LogP contribution in [0.25, 0.3) is 11.1 Å². The molecule has 2 aromatic carbocycles. The second-order valence-electron chi connectivity index (χ2n) is 5.80. The van der Waals surface area contributed by atoms with E-state index < -0.39 is 0 Å². The SMILES string of the molecule is COCCC1(CCOC)c2ccccc2-c2ccc(Br)cc21. The molecule has 2 aromatic rings. The van der Waals surface area contributed by atoms with E-state index in [1.807, 2.05) is 0 Å². The standard InChI is InChI=1S/C19H21BrO2/c1-21-11-9-19(10-12-22-2)17-6-4-3-5-15(17)16-8-7-14(20)13-18(16)19/h3-8,13H,9-12H2,1-2H3. The Morgan fingerprint density at radius 2 is 1.50 bits per heavy atom. The van der Waals surface area contributed by atoms with Crippen molar-refractivity contribution in [3.8, 4) is 11.1 Å². The number of benzene rings is 2. The topological polar surface area (TPSA) is 18.5 Å². The van der Waals surface area contributed by atoms with E-state index in [-0.39, 0.29) is 5.41 Å². The Labute approximate surface area is 140 Å². The van der Waals surface area contributed by atoms with Gasteiger partial charge in [-0.1, -0.05) is 46.3 Å². The van der Waals surface area contributed by atoms with E-state index in [9.17, 15) is 0 Å². The second kappa shape index (κ2) is 6.53. The van der Waals surface area contributed by atoms with Crippen LogP contribution in [-0.4, -0.2) is 27.4 Å². The highest BCUT2D eigenvalue weighted by molar-refractivity contribution is 9.10. The molecule has 0 atom stereocenters. The van der Waals surface area contributed by atoms with Crippen LogP contribution < -0.4 is 0 Å². The average molecular weight is 361 g/mol. The number of hydrogen-bond donors (Lipinski definition) is 0. The lowest BCUT2D eigenvalue weighted by Crippen LogP contribution is -2.28. The van der Waals surface area contributed by atoms with Crippen molar-refractivity contribution in [2.24, 2.45) is 0 Å². The van der Waals surface area contributed by atoms with Crippen molar-refractivity contribution in [2.75, 3.05) is 27.4 Å². The van der Waals surface area contributed by atoms with Crippen LogP contribution in [0.3, 0.4) is 0 Å². The molecule has 0 spiro atoms. The molecule has 0 bridgehead atoms. The summed E-state index contributed by atoms with van der Waals surface area (Å²) in [4.78, 5) is 0. The van der Waals surface area contributed by atoms with Gasteiger partial charge in [-0.25, -0.2) is 0 Å². The Hall–Kier alpha value is -1.16. The first-order valence-electron chi connectivity index (χ1n) is 7.61. The minimum Gasteiger partial charge on any atom is -0.385 e. The van der Waals surface area contributed by atoms with Gasteiger partial charge < -0.3 is 9.47 Å². The summed E-state index contributed by atoms with van der Waals surface area (Å²) in [6.45, 7) is 1.48. The molecule has 0 fully saturated rings. The van der Waals surface area contributed by atoms with Crippen LogP contribution in [0.1, 0.15) is 24.0 Å². The van der Waals surface area contributed by atoms with E-state index >= 15 is 0 Å². The molecule has 0 radical (unpaired) electrons. The van der Waals surface area contributed by atoms with Crippen molar-refractivity contribution in [1.82, 2.24) is 0 Å². The van der Waals surface area contributed by atoms with Crippen molar-refractivity contribution in [3.63, 3.8) is 0 Å². The molecule has 1 aliphatic carbocycles. The van der Waals surface area contributed by atoms with Crippen LogP contribution in [0.5, 0.6) is 0 Å². The summed E-state index contributed by atoms with van der Waals surface area (Å²) in [5.41, 5.74) is 5.44. The summed E-state index contributed by atoms with van der Waals surface area (Å²) in [5, 5.41) is 0. The fourth-order valence-electron chi connectivity index (χ4n) is 3.64. The number of rotatable bonds is 6. The largest absolute Gasteiger partial charge is 0.385 e. The number of ether oxygens (including phenoxy) is 2. The third-order valence-corrected chi connectivity index (χ3v) is 5.19. The van der Waals surface area contributed by atoms with E-state index in [1.165, 1.54) is 22.3 Å². The fourth-order valence-corrected chi connectivity index (χ4v) is 4.00. The molecule has 0 aliphatic heterocycles. The Morgan fingerprint density at radius 1 is 0.864 bits per heavy atom. The normalized spacial score (nSPS) is 14.7. The molecule has 0 unspecified atom stereocenters. The van der Waals surface area contributed by atoms with E-state index in [4.69, 9.17) is 9.47 Å². The molecular weight excluding hydrogens is 340 g/mol. The van der Waals surface area contributed by atoms with Gasteiger partial charge in [0.25, 0.3) is 0 Å². The molecule has 0 aromatic heterocycles. The molecular formula is C19H21BrO2. The van der Waals surface area contributed by atoms with Gasteiger partial charge in [0.15, 0.2) is 0 Å². The highest BCUT2D eigenvalue weighted by Crippen LogP contribution is 2.53. The number of fused-ring (bicyclic) bond motifs is 3. The van der Waals surface area contributed by atoms with Gasteiger partial charge in [-0.3, -0.25) is 0 Å². The number of hydrogen-bond acceptors (Lipinski definition) is 2. The maximum absolute atomic E-state index is 5.42. The maximum atomic E-state index is 5.42. The predicted octanol–water partition coefficient (Wildman–Crippen LogP) is 4.79. The lowest BCUT2D eigenvalue weighted by Gasteiger charge is -2.32. The highest BCUT2D eigenvalue weighted by atomic mass is 79.9. The van der Waals surface area contributed by atoms with Gasteiger partial charge in [-0.2, -0.15) is 0 Å². The molecule has 3 heteroatoms. The summed E-state index contributed by atoms with van der Waals surface area (Å²) in [6.07, 6.45) is 1.93. The second-order valence-corrected chi connectivity index (χ2v) is 6.72. The zero-order chi connectivity index (χ0) is 15.6. The molecule has 0 heterocycles. The first-order chi connectivity index (χ1) is 10.7. The van der Waals surface area contributed by atoms with Crippen LogP contribution in [0.4, 0.5) is 0 Å². The highest BCUT2D eigenvalue weighted by Gasteiger charge is 2.42. The Bertz CT molecular complexity index is 658. The van der Waals surface area contributed by atoms with Crippen LogP contribution in [0, 0.1) is 0 Å². The van der Waals surface area contributed by atoms with Gasteiger partial charge in [-0.05, 0) is 47.2 Å². The van der Waals surface area contributed by atoms with Crippen molar-refractivity contribution in [1.29, 1.82) is 0 Å². The van der Waals surface area contributed by atoms with E-state index in [0.717, 1.165) is 30.5 Å². The van der Waals surface area contributed by atoms with Gasteiger partial charge >= 0.3 is 0 Å². The minimum absolute atomic E-state index is 0.0261. The van der Waals surface area contributed by atoms with Crippen LogP contribution >= 0.6 is 15.9 Å². The summed E-state index contributed by atoms with van der Waals surface area (Å²) in [5.74, 6) is 0. The fraction of sp³-hybridized carbons (Fsp3) is 0.368. The van der Waals surface area contributed by atoms with E-state index in [2.05, 4.69) is 58.4 Å². The Balaban J connectivity index is 2.20. The molecule has 0 saturated carbocycles. The molecule has 1 aliphatic rings. The van der Waals surface area contributed by atoms with Crippen molar-refractivity contribution in [2.45, 2.75) is 18.3 Å². The lowest BCUT2D eigenvalue weighted by atomic mass is 9.73. The van der Waals surface area contributed by atoms with Crippen molar-refractivity contribution in [3.05, 3.63) is 58.1 Å². The quantitative estimate of drug-likeness (QED) is 0.737. The molecule has 0 N–H and O–H groups in total. The summed E-state index contributed by atoms with van der Waals surface area (Å²) < 4.78 is 12.0. The molecule has 22 heavy (non-hydrogen) atoms. The van der Waals surface area contributed by atoms with E-state index in [0.29, 0.717) is 0 Å². The summed E-state index contributed by atoms with van der Waals surface area (Å²) in [7, 11) is 3.54. The zero-order valence-corrected chi connectivity index (χ0v) is 14.7. The van der Waals surface area contributed by atoms with E-state index in [1.54, 1.807) is 14.2 Å². The molecule has 2 nitrogen and oxygen atoms in total. The molecule has 116 valence electrons. The van der Waals surface area contributed by atoms with Crippen LogP contribution in [0.2, 0.25) is 0 Å². The average Bonchev–Trinajstić information content (AvgIpc) is 2.81. The maximum Gasteiger partial charge on any atom is 0.0474 e. The van der Waals surface area contributed by atoms with Crippen LogP contribution in [0.15, 0.2) is 46.9 Å². The third kappa shape index (κ3) is 2.51. The van der Waals surface area contributed by atoms with Crippen molar-refractivity contribution < 1.29 is 9.47 Å². The van der Waals surface area contributed by atoms with Gasteiger partial charge in [0.2, 0.25) is 0 Å². The lowest BCUT2D eigenvalue weighted by molar-refractivity contribution is 0.145. The summed E-state index contributed by atoms with van der Waals surface area (Å²) in [6, 6.07) is 15.3. The molecule has 0 amide bonds. The van der Waals surface area contributed by atoms with Gasteiger partial charge in [0.1, 0.15) is 0 Å². The molecule has 0 saturated heterocycles. The third-order valence-electron chi connectivity index (χ3n) is 4.70. The van der Waals surface area contributed by atoms with Gasteiger partial charge in [0.05, 0.1) is 0 Å². The minimum atomic E-state index is -0.0261. The predicted molar refractivity (Wildman–Crippen MR) is 93.3 cm³/mol. The monoisotopic (exact) mass is 360 g/mol. The van der Waals surface area contributed by atoms with Crippen molar-refractivity contribution >= 4 is 15.9 Å². The number of halogens is 1. The smallest absolute Gasteiger partial charge is 0.0474 e. The van der Waals surface area contributed by atoms with Crippen LogP contribution in [-0.2, 0) is 14.9 Å². The zero-order valence-electron chi connectivity index (χ0n) is 13.1. The Morgan fingerprint density at radius 3 is 2.18 bits per heavy atom. The Kier molecular flexibility index (Phi) is 4.67. The number of methoxy groups -OCH3 is 2.